The third-order valence-electron chi connectivity index (χ3n) is 7.53. The topological polar surface area (TPSA) is 210 Å². The van der Waals surface area contributed by atoms with Gasteiger partial charge in [-0.15, -0.1) is 0 Å². The van der Waals surface area contributed by atoms with Crippen molar-refractivity contribution >= 4 is 35.5 Å². The first-order valence-electron chi connectivity index (χ1n) is 17.6. The maximum Gasteiger partial charge on any atom is 0.303 e. The molecule has 0 bridgehead atoms. The van der Waals surface area contributed by atoms with Crippen LogP contribution >= 0.6 is 0 Å². The quantitative estimate of drug-likeness (QED) is 0.0473. The molecule has 1 aromatic rings. The van der Waals surface area contributed by atoms with E-state index in [9.17, 15) is 46.3 Å². The Morgan fingerprint density at radius 3 is 1.95 bits per heavy atom. The van der Waals surface area contributed by atoms with Crippen LogP contribution in [0.25, 0.3) is 0 Å². The molecule has 1 aliphatic heterocycles. The molecule has 2 N–H and O–H groups in total. The van der Waals surface area contributed by atoms with Gasteiger partial charge in [-0.1, -0.05) is 0 Å². The molecule has 1 unspecified atom stereocenters. The number of benzene rings is 1. The summed E-state index contributed by atoms with van der Waals surface area (Å²) in [6.07, 6.45) is -5.33. The highest BCUT2D eigenvalue weighted by atomic mass is 19.2. The van der Waals surface area contributed by atoms with Crippen LogP contribution in [0.3, 0.4) is 0 Å². The van der Waals surface area contributed by atoms with Gasteiger partial charge in [0.15, 0.2) is 47.8 Å². The fourth-order valence-electron chi connectivity index (χ4n) is 5.00. The Morgan fingerprint density at radius 2 is 1.36 bits per heavy atom. The minimum Gasteiger partial charge on any atom is -0.477 e. The molecule has 17 nitrogen and oxygen atoms in total. The Morgan fingerprint density at radius 1 is 0.768 bits per heavy atom. The number of nitrogens with one attached hydrogen (secondary N) is 2. The maximum absolute atomic E-state index is 13.7. The molecule has 316 valence electrons. The van der Waals surface area contributed by atoms with Crippen LogP contribution in [0.4, 0.5) is 17.6 Å². The molecule has 1 fully saturated rings. The van der Waals surface area contributed by atoms with Crippen molar-refractivity contribution in [2.24, 2.45) is 0 Å². The monoisotopic (exact) mass is 812 g/mol. The number of Topliss-reactive ketones (excluding diaryl/α,β-unsaturated/α-hetero) is 1. The fourth-order valence-corrected chi connectivity index (χ4v) is 5.00. The van der Waals surface area contributed by atoms with Gasteiger partial charge >= 0.3 is 17.9 Å². The Bertz CT molecular complexity index is 1460. The third-order valence-corrected chi connectivity index (χ3v) is 7.53. The summed E-state index contributed by atoms with van der Waals surface area (Å²) in [5.74, 6) is -11.8. The predicted octanol–water partition coefficient (Wildman–Crippen LogP) is 1.59. The molecule has 56 heavy (non-hydrogen) atoms. The number of unbranched alkanes of at least 4 members (excludes halogenated alkanes) is 1. The van der Waals surface area contributed by atoms with Gasteiger partial charge in [-0.05, 0) is 19.8 Å². The van der Waals surface area contributed by atoms with E-state index in [1.54, 1.807) is 0 Å². The fraction of sp³-hybridized carbons (Fsp3) is 0.657. The van der Waals surface area contributed by atoms with Crippen LogP contribution in [0.15, 0.2) is 6.07 Å². The number of ketones is 1. The van der Waals surface area contributed by atoms with Gasteiger partial charge in [-0.25, -0.2) is 8.78 Å². The van der Waals surface area contributed by atoms with Gasteiger partial charge in [0, 0.05) is 53.3 Å². The van der Waals surface area contributed by atoms with Crippen LogP contribution in [-0.4, -0.2) is 132 Å². The van der Waals surface area contributed by atoms with E-state index in [0.29, 0.717) is 12.8 Å². The smallest absolute Gasteiger partial charge is 0.303 e. The van der Waals surface area contributed by atoms with Gasteiger partial charge < -0.3 is 53.3 Å². The van der Waals surface area contributed by atoms with E-state index in [4.69, 9.17) is 42.6 Å². The highest BCUT2D eigenvalue weighted by Gasteiger charge is 2.51. The zero-order chi connectivity index (χ0) is 41.8. The van der Waals surface area contributed by atoms with Crippen molar-refractivity contribution in [1.29, 1.82) is 0 Å². The number of ether oxygens (including phenoxy) is 9. The normalized spacial score (nSPS) is 19.7. The first-order valence-corrected chi connectivity index (χ1v) is 17.6. The largest absolute Gasteiger partial charge is 0.477 e. The van der Waals surface area contributed by atoms with Crippen LogP contribution in [0.5, 0.6) is 5.75 Å². The Kier molecular flexibility index (Phi) is 21.3. The molecule has 0 aliphatic carbocycles. The van der Waals surface area contributed by atoms with E-state index in [0.717, 1.165) is 20.8 Å². The first-order chi connectivity index (χ1) is 26.5. The predicted molar refractivity (Wildman–Crippen MR) is 181 cm³/mol. The average Bonchev–Trinajstić information content (AvgIpc) is 3.11. The minimum atomic E-state index is -1.76. The standard InChI is InChI=1S/C35H48F4N2O15/c1-19(53-33-29(38)24(36)16-25(37)30(33)39)26(46)17-50-15-14-49-13-12-48-11-9-40-28(47)8-6-7-10-51-35-31(41-20(2)42)34(55-23(5)45)32(54-22(4)44)27(56-35)18-52-21(3)43/h16,19,27,31-32,34-35H,6-15,17-18H2,1-5H3,(H,40,47)(H,41,42)/t19?,27-,31-,32+,34-,35-/m1/s1. The van der Waals surface area contributed by atoms with Crippen molar-refractivity contribution in [3.63, 3.8) is 0 Å². The van der Waals surface area contributed by atoms with Gasteiger partial charge in [0.25, 0.3) is 0 Å². The molecule has 2 rings (SSSR count). The lowest BCUT2D eigenvalue weighted by molar-refractivity contribution is -0.277. The molecule has 1 heterocycles. The van der Waals surface area contributed by atoms with Crippen LogP contribution in [0.1, 0.15) is 53.9 Å². The second-order valence-corrected chi connectivity index (χ2v) is 12.2. The number of hydrogen-bond acceptors (Lipinski definition) is 15. The lowest BCUT2D eigenvalue weighted by Gasteiger charge is -2.44. The molecular weight excluding hydrogens is 764 g/mol. The number of amides is 2. The molecule has 0 aromatic heterocycles. The molecule has 6 atom stereocenters. The lowest BCUT2D eigenvalue weighted by Crippen LogP contribution is -2.66. The second kappa shape index (κ2) is 24.9. The zero-order valence-electron chi connectivity index (χ0n) is 31.7. The number of rotatable bonds is 25. The molecular formula is C35H48F4N2O15. The minimum absolute atomic E-state index is 0.0213. The molecule has 1 saturated heterocycles. The number of esters is 3. The number of hydrogen-bond donors (Lipinski definition) is 2. The molecule has 2 amide bonds. The van der Waals surface area contributed by atoms with E-state index < -0.39 is 102 Å². The zero-order valence-corrected chi connectivity index (χ0v) is 31.7. The van der Waals surface area contributed by atoms with Gasteiger partial charge in [-0.3, -0.25) is 28.8 Å². The third kappa shape index (κ3) is 17.1. The van der Waals surface area contributed by atoms with Crippen molar-refractivity contribution in [3.05, 3.63) is 29.3 Å². The van der Waals surface area contributed by atoms with Crippen molar-refractivity contribution in [2.75, 3.05) is 59.4 Å². The van der Waals surface area contributed by atoms with Crippen LogP contribution in [-0.2, 0) is 66.7 Å². The number of halogens is 4. The number of carbonyl (C=O) groups is 6. The van der Waals surface area contributed by atoms with E-state index in [1.165, 1.54) is 13.8 Å². The summed E-state index contributed by atoms with van der Waals surface area (Å²) in [6, 6.07) is -1.08. The van der Waals surface area contributed by atoms with Gasteiger partial charge in [0.05, 0.1) is 33.0 Å². The van der Waals surface area contributed by atoms with Crippen LogP contribution < -0.4 is 15.4 Å². The van der Waals surface area contributed by atoms with E-state index >= 15 is 0 Å². The average molecular weight is 813 g/mol. The highest BCUT2D eigenvalue weighted by molar-refractivity contribution is 5.84. The molecule has 21 heteroatoms. The Hall–Kier alpha value is -4.44. The van der Waals surface area contributed by atoms with Gasteiger partial charge in [0.1, 0.15) is 25.4 Å². The maximum atomic E-state index is 13.7. The molecule has 1 aliphatic rings. The Balaban J connectivity index is 1.63. The van der Waals surface area contributed by atoms with Crippen molar-refractivity contribution in [3.8, 4) is 5.75 Å². The molecule has 0 saturated carbocycles. The summed E-state index contributed by atoms with van der Waals surface area (Å²) >= 11 is 0. The molecule has 0 radical (unpaired) electrons. The first kappa shape index (κ1) is 47.7. The lowest BCUT2D eigenvalue weighted by atomic mass is 9.96. The van der Waals surface area contributed by atoms with Crippen molar-refractivity contribution in [1.82, 2.24) is 10.6 Å². The SMILES string of the molecule is CC(=O)N[C@H]1[C@H](OCCCCC(=O)NCCOCCOCCOCC(=O)C(C)Oc2c(F)c(F)cc(F)c2F)O[C@H](COC(C)=O)[C@H](OC(C)=O)[C@@H]1OC(C)=O. The summed E-state index contributed by atoms with van der Waals surface area (Å²) in [6.45, 7) is 5.77. The van der Waals surface area contributed by atoms with Crippen LogP contribution in [0.2, 0.25) is 0 Å². The summed E-state index contributed by atoms with van der Waals surface area (Å²) in [4.78, 5) is 71.7. The Labute approximate surface area is 320 Å². The van der Waals surface area contributed by atoms with Crippen molar-refractivity contribution < 1.29 is 89.0 Å². The molecule has 0 spiro atoms. The van der Waals surface area contributed by atoms with Gasteiger partial charge in [0.2, 0.25) is 23.4 Å². The molecule has 1 aromatic carbocycles. The summed E-state index contributed by atoms with van der Waals surface area (Å²) in [5.41, 5.74) is 0. The second-order valence-electron chi connectivity index (χ2n) is 12.2. The highest BCUT2D eigenvalue weighted by Crippen LogP contribution is 2.29. The summed E-state index contributed by atoms with van der Waals surface area (Å²) in [7, 11) is 0. The van der Waals surface area contributed by atoms with E-state index in [1.807, 2.05) is 0 Å². The van der Waals surface area contributed by atoms with E-state index in [-0.39, 0.29) is 71.2 Å². The summed E-state index contributed by atoms with van der Waals surface area (Å²) in [5, 5.41) is 5.30. The van der Waals surface area contributed by atoms with Gasteiger partial charge in [-0.2, -0.15) is 8.78 Å². The van der Waals surface area contributed by atoms with Crippen LogP contribution in [0, 0.1) is 23.3 Å². The number of carbonyl (C=O) groups excluding carboxylic acids is 6. The van der Waals surface area contributed by atoms with Crippen molar-refractivity contribution in [2.45, 2.75) is 90.6 Å². The summed E-state index contributed by atoms with van der Waals surface area (Å²) < 4.78 is 102. The van der Waals surface area contributed by atoms with E-state index in [2.05, 4.69) is 10.6 Å².